The number of aryl methyl sites for hydroxylation is 1. The van der Waals surface area contributed by atoms with Crippen LogP contribution in [-0.2, 0) is 6.18 Å². The number of β-amino-alcohol motifs (C(OH)–C–C–N with tert-alkyl or cyclic N) is 1. The van der Waals surface area contributed by atoms with Crippen LogP contribution < -0.4 is 0 Å². The van der Waals surface area contributed by atoms with E-state index in [9.17, 15) is 23.1 Å². The van der Waals surface area contributed by atoms with Crippen LogP contribution >= 0.6 is 0 Å². The van der Waals surface area contributed by atoms with Gasteiger partial charge in [0.05, 0.1) is 11.7 Å². The number of aliphatic hydroxyl groups excluding tert-OH is 1. The number of hydrogen-bond acceptors (Lipinski definition) is 2. The average Bonchev–Trinajstić information content (AvgIpc) is 2.74. The van der Waals surface area contributed by atoms with E-state index >= 15 is 0 Å². The highest BCUT2D eigenvalue weighted by Crippen LogP contribution is 2.32. The maximum atomic E-state index is 12.8. The van der Waals surface area contributed by atoms with Gasteiger partial charge in [0.2, 0.25) is 0 Å². The number of hydrogen-bond donors (Lipinski definition) is 1. The molecule has 1 fully saturated rings. The summed E-state index contributed by atoms with van der Waals surface area (Å²) in [5.41, 5.74) is -0.698. The molecule has 1 aromatic carbocycles. The Morgan fingerprint density at radius 1 is 1.42 bits per heavy atom. The molecule has 2 rings (SSSR count). The van der Waals surface area contributed by atoms with Gasteiger partial charge in [0.15, 0.2) is 0 Å². The average molecular weight is 273 g/mol. The van der Waals surface area contributed by atoms with Crippen molar-refractivity contribution in [1.29, 1.82) is 0 Å². The Morgan fingerprint density at radius 3 is 2.63 bits per heavy atom. The quantitative estimate of drug-likeness (QED) is 0.852. The standard InChI is InChI=1S/C13H14F3NO2/c1-8-2-3-9(6-11(8)13(14,15)16)12(19)17-5-4-10(18)7-17/h2-3,6,10,18H,4-5,7H2,1H3. The Hall–Kier alpha value is -1.56. The molecule has 0 radical (unpaired) electrons. The predicted molar refractivity (Wildman–Crippen MR) is 62.7 cm³/mol. The van der Waals surface area contributed by atoms with Crippen LogP contribution in [0.1, 0.15) is 27.9 Å². The number of halogens is 3. The summed E-state index contributed by atoms with van der Waals surface area (Å²) in [6.45, 7) is 1.90. The first-order chi connectivity index (χ1) is 8.79. The van der Waals surface area contributed by atoms with Gasteiger partial charge in [0.1, 0.15) is 0 Å². The van der Waals surface area contributed by atoms with E-state index in [-0.39, 0.29) is 17.7 Å². The highest BCUT2D eigenvalue weighted by atomic mass is 19.4. The molecule has 1 atom stereocenters. The van der Waals surface area contributed by atoms with Crippen molar-refractivity contribution < 1.29 is 23.1 Å². The monoisotopic (exact) mass is 273 g/mol. The molecule has 0 bridgehead atoms. The number of likely N-dealkylation sites (tertiary alicyclic amines) is 1. The van der Waals surface area contributed by atoms with Gasteiger partial charge in [-0.2, -0.15) is 13.2 Å². The molecule has 19 heavy (non-hydrogen) atoms. The second-order valence-electron chi connectivity index (χ2n) is 4.72. The first kappa shape index (κ1) is 13.9. The van der Waals surface area contributed by atoms with Gasteiger partial charge in [-0.3, -0.25) is 4.79 Å². The maximum Gasteiger partial charge on any atom is 0.416 e. The van der Waals surface area contributed by atoms with Crippen molar-refractivity contribution in [2.24, 2.45) is 0 Å². The lowest BCUT2D eigenvalue weighted by Crippen LogP contribution is -2.29. The molecular formula is C13H14F3NO2. The second-order valence-corrected chi connectivity index (χ2v) is 4.72. The molecule has 0 aromatic heterocycles. The Morgan fingerprint density at radius 2 is 2.11 bits per heavy atom. The summed E-state index contributed by atoms with van der Waals surface area (Å²) in [4.78, 5) is 13.4. The summed E-state index contributed by atoms with van der Waals surface area (Å²) in [6.07, 6.45) is -4.59. The molecule has 1 aromatic rings. The van der Waals surface area contributed by atoms with Gasteiger partial charge in [-0.15, -0.1) is 0 Å². The van der Waals surface area contributed by atoms with Gasteiger partial charge in [0, 0.05) is 18.7 Å². The van der Waals surface area contributed by atoms with Gasteiger partial charge >= 0.3 is 6.18 Å². The minimum atomic E-state index is -4.47. The third kappa shape index (κ3) is 2.89. The number of rotatable bonds is 1. The van der Waals surface area contributed by atoms with Gasteiger partial charge in [-0.05, 0) is 31.0 Å². The fourth-order valence-electron chi connectivity index (χ4n) is 2.17. The van der Waals surface area contributed by atoms with Crippen molar-refractivity contribution in [3.05, 3.63) is 34.9 Å². The molecule has 6 heteroatoms. The van der Waals surface area contributed by atoms with E-state index < -0.39 is 23.8 Å². The predicted octanol–water partition coefficient (Wildman–Crippen LogP) is 2.22. The van der Waals surface area contributed by atoms with E-state index in [1.807, 2.05) is 0 Å². The summed E-state index contributed by atoms with van der Waals surface area (Å²) in [5.74, 6) is -0.470. The molecule has 1 saturated heterocycles. The lowest BCUT2D eigenvalue weighted by atomic mass is 10.0. The fourth-order valence-corrected chi connectivity index (χ4v) is 2.17. The Bertz CT molecular complexity index is 499. The van der Waals surface area contributed by atoms with Crippen LogP contribution in [-0.4, -0.2) is 35.1 Å². The van der Waals surface area contributed by atoms with Crippen LogP contribution in [0.2, 0.25) is 0 Å². The van der Waals surface area contributed by atoms with E-state index in [1.165, 1.54) is 24.0 Å². The molecule has 1 unspecified atom stereocenters. The lowest BCUT2D eigenvalue weighted by molar-refractivity contribution is -0.138. The molecule has 3 nitrogen and oxygen atoms in total. The minimum Gasteiger partial charge on any atom is -0.391 e. The largest absolute Gasteiger partial charge is 0.416 e. The van der Waals surface area contributed by atoms with E-state index in [0.717, 1.165) is 6.07 Å². The molecule has 1 N–H and O–H groups in total. The van der Waals surface area contributed by atoms with Crippen LogP contribution in [0.15, 0.2) is 18.2 Å². The number of carbonyl (C=O) groups excluding carboxylic acids is 1. The van der Waals surface area contributed by atoms with Crippen molar-refractivity contribution in [1.82, 2.24) is 4.90 Å². The van der Waals surface area contributed by atoms with Crippen molar-refractivity contribution in [3.63, 3.8) is 0 Å². The van der Waals surface area contributed by atoms with Crippen LogP contribution in [0.3, 0.4) is 0 Å². The zero-order valence-corrected chi connectivity index (χ0v) is 10.4. The molecule has 0 spiro atoms. The van der Waals surface area contributed by atoms with E-state index in [1.54, 1.807) is 0 Å². The van der Waals surface area contributed by atoms with E-state index in [4.69, 9.17) is 0 Å². The third-order valence-electron chi connectivity index (χ3n) is 3.24. The van der Waals surface area contributed by atoms with Gasteiger partial charge in [-0.1, -0.05) is 6.07 Å². The number of aliphatic hydroxyl groups is 1. The van der Waals surface area contributed by atoms with Crippen molar-refractivity contribution in [2.45, 2.75) is 25.6 Å². The summed E-state index contributed by atoms with van der Waals surface area (Å²) in [5, 5.41) is 9.35. The van der Waals surface area contributed by atoms with Gasteiger partial charge in [0.25, 0.3) is 5.91 Å². The highest BCUT2D eigenvalue weighted by Gasteiger charge is 2.34. The smallest absolute Gasteiger partial charge is 0.391 e. The zero-order chi connectivity index (χ0) is 14.2. The molecular weight excluding hydrogens is 259 g/mol. The zero-order valence-electron chi connectivity index (χ0n) is 10.4. The van der Waals surface area contributed by atoms with Crippen LogP contribution in [0, 0.1) is 6.92 Å². The summed E-state index contributed by atoms with van der Waals surface area (Å²) < 4.78 is 38.3. The van der Waals surface area contributed by atoms with Gasteiger partial charge < -0.3 is 10.0 Å². The van der Waals surface area contributed by atoms with Crippen LogP contribution in [0.25, 0.3) is 0 Å². The maximum absolute atomic E-state index is 12.8. The second kappa shape index (κ2) is 4.85. The first-order valence-electron chi connectivity index (χ1n) is 5.94. The lowest BCUT2D eigenvalue weighted by Gasteiger charge is -2.17. The van der Waals surface area contributed by atoms with E-state index in [2.05, 4.69) is 0 Å². The summed E-state index contributed by atoms with van der Waals surface area (Å²) >= 11 is 0. The molecule has 0 aliphatic carbocycles. The summed E-state index contributed by atoms with van der Waals surface area (Å²) in [6, 6.07) is 3.56. The molecule has 1 amide bonds. The fraction of sp³-hybridized carbons (Fsp3) is 0.462. The Labute approximate surface area is 108 Å². The Kier molecular flexibility index (Phi) is 3.54. The van der Waals surface area contributed by atoms with Gasteiger partial charge in [-0.25, -0.2) is 0 Å². The number of alkyl halides is 3. The number of carbonyl (C=O) groups is 1. The van der Waals surface area contributed by atoms with Crippen LogP contribution in [0.5, 0.6) is 0 Å². The molecule has 1 aliphatic rings. The molecule has 104 valence electrons. The topological polar surface area (TPSA) is 40.5 Å². The van der Waals surface area contributed by atoms with Crippen molar-refractivity contribution in [2.75, 3.05) is 13.1 Å². The first-order valence-corrected chi connectivity index (χ1v) is 5.94. The van der Waals surface area contributed by atoms with Crippen molar-refractivity contribution >= 4 is 5.91 Å². The highest BCUT2D eigenvalue weighted by molar-refractivity contribution is 5.94. The molecule has 0 saturated carbocycles. The minimum absolute atomic E-state index is 0.00650. The normalized spacial score (nSPS) is 19.8. The number of nitrogens with zero attached hydrogens (tertiary/aromatic N) is 1. The van der Waals surface area contributed by atoms with Crippen LogP contribution in [0.4, 0.5) is 13.2 Å². The van der Waals surface area contributed by atoms with E-state index in [0.29, 0.717) is 13.0 Å². The number of amides is 1. The van der Waals surface area contributed by atoms with Crippen molar-refractivity contribution in [3.8, 4) is 0 Å². The number of benzene rings is 1. The molecule has 1 heterocycles. The Balaban J connectivity index is 2.28. The SMILES string of the molecule is Cc1ccc(C(=O)N2CCC(O)C2)cc1C(F)(F)F. The summed E-state index contributed by atoms with van der Waals surface area (Å²) in [7, 11) is 0. The molecule has 1 aliphatic heterocycles. The third-order valence-corrected chi connectivity index (χ3v) is 3.24.